The molecule has 0 aliphatic carbocycles. The Bertz CT molecular complexity index is 686. The number of hydrogen-bond acceptors (Lipinski definition) is 5. The number of carbonyl (C=O) groups excluding carboxylic acids is 1. The number of aromatic nitrogens is 3. The summed E-state index contributed by atoms with van der Waals surface area (Å²) in [6.45, 7) is 3.77. The number of amides is 1. The van der Waals surface area contributed by atoms with E-state index in [9.17, 15) is 4.79 Å². The summed E-state index contributed by atoms with van der Waals surface area (Å²) in [5.41, 5.74) is 0. The van der Waals surface area contributed by atoms with Crippen molar-refractivity contribution in [3.8, 4) is 5.75 Å². The van der Waals surface area contributed by atoms with Gasteiger partial charge in [-0.2, -0.15) is 0 Å². The van der Waals surface area contributed by atoms with Crippen molar-refractivity contribution in [1.29, 1.82) is 0 Å². The highest BCUT2D eigenvalue weighted by atomic mass is 16.5. The van der Waals surface area contributed by atoms with Crippen LogP contribution in [0.2, 0.25) is 0 Å². The molecule has 3 rings (SSSR count). The molecule has 2 heterocycles. The van der Waals surface area contributed by atoms with E-state index in [1.807, 2.05) is 46.7 Å². The highest BCUT2D eigenvalue weighted by molar-refractivity contribution is 5.78. The summed E-state index contributed by atoms with van der Waals surface area (Å²) in [6, 6.07) is 9.43. The van der Waals surface area contributed by atoms with Crippen molar-refractivity contribution in [3.05, 3.63) is 42.0 Å². The Morgan fingerprint density at radius 1 is 1.25 bits per heavy atom. The van der Waals surface area contributed by atoms with E-state index in [1.165, 1.54) is 0 Å². The van der Waals surface area contributed by atoms with E-state index in [2.05, 4.69) is 10.2 Å². The highest BCUT2D eigenvalue weighted by Gasteiger charge is 2.27. The first-order chi connectivity index (χ1) is 11.7. The lowest BCUT2D eigenvalue weighted by Gasteiger charge is -2.26. The zero-order valence-electron chi connectivity index (χ0n) is 14.0. The van der Waals surface area contributed by atoms with Gasteiger partial charge in [0.25, 0.3) is 5.91 Å². The predicted molar refractivity (Wildman–Crippen MR) is 87.6 cm³/mol. The van der Waals surface area contributed by atoms with Gasteiger partial charge in [0, 0.05) is 32.7 Å². The molecule has 128 valence electrons. The first-order valence-electron chi connectivity index (χ1n) is 8.06. The van der Waals surface area contributed by atoms with Gasteiger partial charge in [0.05, 0.1) is 0 Å². The van der Waals surface area contributed by atoms with Gasteiger partial charge < -0.3 is 18.9 Å². The average Bonchev–Trinajstić information content (AvgIpc) is 2.87. The second-order valence-corrected chi connectivity index (χ2v) is 5.86. The van der Waals surface area contributed by atoms with Gasteiger partial charge in [-0.15, -0.1) is 10.2 Å². The summed E-state index contributed by atoms with van der Waals surface area (Å²) in [6.07, 6.45) is 0.674. The summed E-state index contributed by atoms with van der Waals surface area (Å²) in [4.78, 5) is 14.4. The second kappa shape index (κ2) is 7.44. The van der Waals surface area contributed by atoms with Crippen LogP contribution in [0.5, 0.6) is 5.75 Å². The molecular formula is C17H22N4O3. The van der Waals surface area contributed by atoms with Crippen molar-refractivity contribution in [3.63, 3.8) is 0 Å². The van der Waals surface area contributed by atoms with Gasteiger partial charge in [-0.1, -0.05) is 18.2 Å². The molecular weight excluding hydrogens is 308 g/mol. The van der Waals surface area contributed by atoms with Crippen LogP contribution in [0.4, 0.5) is 0 Å². The highest BCUT2D eigenvalue weighted by Crippen LogP contribution is 2.16. The Kier molecular flexibility index (Phi) is 5.10. The maximum absolute atomic E-state index is 12.5. The Morgan fingerprint density at radius 2 is 2.04 bits per heavy atom. The number of hydrogen-bond donors (Lipinski definition) is 0. The normalized spacial score (nSPS) is 17.2. The summed E-state index contributed by atoms with van der Waals surface area (Å²) in [7, 11) is 1.64. The van der Waals surface area contributed by atoms with Crippen LogP contribution in [0.15, 0.2) is 30.3 Å². The minimum Gasteiger partial charge on any atom is -0.484 e. The zero-order valence-corrected chi connectivity index (χ0v) is 14.0. The van der Waals surface area contributed by atoms with Crippen molar-refractivity contribution in [2.45, 2.75) is 32.5 Å². The number of rotatable bonds is 5. The monoisotopic (exact) mass is 330 g/mol. The van der Waals surface area contributed by atoms with Crippen molar-refractivity contribution >= 4 is 5.91 Å². The number of nitrogens with zero attached hydrogens (tertiary/aromatic N) is 4. The minimum absolute atomic E-state index is 0.0154. The maximum atomic E-state index is 12.5. The number of carbonyl (C=O) groups is 1. The number of methoxy groups -OCH3 is 1. The lowest BCUT2D eigenvalue weighted by atomic mass is 10.2. The van der Waals surface area contributed by atoms with Gasteiger partial charge in [-0.05, 0) is 19.1 Å². The molecule has 1 aliphatic heterocycles. The smallest absolute Gasteiger partial charge is 0.260 e. The fraction of sp³-hybridized carbons (Fsp3) is 0.471. The van der Waals surface area contributed by atoms with Crippen LogP contribution < -0.4 is 4.74 Å². The van der Waals surface area contributed by atoms with E-state index in [-0.39, 0.29) is 18.6 Å². The SMILES string of the molecule is COCc1nnc2n1CCN(C(=O)COc1ccccc1)C(C)C2. The molecule has 0 N–H and O–H groups in total. The van der Waals surface area contributed by atoms with Crippen molar-refractivity contribution in [1.82, 2.24) is 19.7 Å². The lowest BCUT2D eigenvalue weighted by molar-refractivity contribution is -0.135. The van der Waals surface area contributed by atoms with Gasteiger partial charge in [0.15, 0.2) is 12.4 Å². The molecule has 1 aliphatic rings. The van der Waals surface area contributed by atoms with Crippen molar-refractivity contribution in [2.24, 2.45) is 0 Å². The lowest BCUT2D eigenvalue weighted by Crippen LogP contribution is -2.42. The third kappa shape index (κ3) is 3.56. The largest absolute Gasteiger partial charge is 0.484 e. The van der Waals surface area contributed by atoms with E-state index < -0.39 is 0 Å². The van der Waals surface area contributed by atoms with Gasteiger partial charge in [0.1, 0.15) is 18.2 Å². The molecule has 0 saturated heterocycles. The average molecular weight is 330 g/mol. The van der Waals surface area contributed by atoms with Crippen LogP contribution in [-0.4, -0.2) is 51.9 Å². The minimum atomic E-state index is -0.0154. The molecule has 0 spiro atoms. The molecule has 24 heavy (non-hydrogen) atoms. The number of para-hydroxylation sites is 1. The summed E-state index contributed by atoms with van der Waals surface area (Å²) >= 11 is 0. The summed E-state index contributed by atoms with van der Waals surface area (Å²) in [5.74, 6) is 2.38. The van der Waals surface area contributed by atoms with Gasteiger partial charge in [-0.3, -0.25) is 4.79 Å². The third-order valence-corrected chi connectivity index (χ3v) is 4.18. The molecule has 1 amide bonds. The first kappa shape index (κ1) is 16.4. The fourth-order valence-electron chi connectivity index (χ4n) is 2.94. The number of ether oxygens (including phenoxy) is 2. The molecule has 1 unspecified atom stereocenters. The number of fused-ring (bicyclic) bond motifs is 1. The Labute approximate surface area is 141 Å². The van der Waals surface area contributed by atoms with Crippen LogP contribution in [0.25, 0.3) is 0 Å². The van der Waals surface area contributed by atoms with Crippen molar-refractivity contribution in [2.75, 3.05) is 20.3 Å². The molecule has 2 aromatic rings. The molecule has 1 aromatic heterocycles. The van der Waals surface area contributed by atoms with E-state index in [1.54, 1.807) is 7.11 Å². The topological polar surface area (TPSA) is 69.5 Å². The molecule has 0 bridgehead atoms. The molecule has 0 fully saturated rings. The molecule has 0 radical (unpaired) electrons. The quantitative estimate of drug-likeness (QED) is 0.826. The molecule has 7 heteroatoms. The first-order valence-corrected chi connectivity index (χ1v) is 8.06. The van der Waals surface area contributed by atoms with Crippen molar-refractivity contribution < 1.29 is 14.3 Å². The van der Waals surface area contributed by atoms with E-state index in [0.29, 0.717) is 31.9 Å². The van der Waals surface area contributed by atoms with E-state index in [4.69, 9.17) is 9.47 Å². The van der Waals surface area contributed by atoms with E-state index in [0.717, 1.165) is 11.6 Å². The van der Waals surface area contributed by atoms with E-state index >= 15 is 0 Å². The molecule has 1 aromatic carbocycles. The molecule has 1 atom stereocenters. The number of benzene rings is 1. The van der Waals surface area contributed by atoms with Crippen LogP contribution in [0.3, 0.4) is 0 Å². The third-order valence-electron chi connectivity index (χ3n) is 4.18. The molecule has 0 saturated carbocycles. The van der Waals surface area contributed by atoms with Gasteiger partial charge in [0.2, 0.25) is 0 Å². The standard InChI is InChI=1S/C17H22N4O3/c1-13-10-15-18-19-16(11-23-2)21(15)9-8-20(13)17(22)12-24-14-6-4-3-5-7-14/h3-7,13H,8-12H2,1-2H3. The predicted octanol–water partition coefficient (Wildman–Crippen LogP) is 1.28. The Morgan fingerprint density at radius 3 is 2.79 bits per heavy atom. The Hall–Kier alpha value is -2.41. The van der Waals surface area contributed by atoms with Crippen LogP contribution in [-0.2, 0) is 29.1 Å². The second-order valence-electron chi connectivity index (χ2n) is 5.86. The van der Waals surface area contributed by atoms with Gasteiger partial charge in [-0.25, -0.2) is 0 Å². The fourth-order valence-corrected chi connectivity index (χ4v) is 2.94. The van der Waals surface area contributed by atoms with Gasteiger partial charge >= 0.3 is 0 Å². The van der Waals surface area contributed by atoms with Crippen LogP contribution >= 0.6 is 0 Å². The summed E-state index contributed by atoms with van der Waals surface area (Å²) in [5, 5.41) is 8.41. The summed E-state index contributed by atoms with van der Waals surface area (Å²) < 4.78 is 12.8. The van der Waals surface area contributed by atoms with Crippen LogP contribution in [0.1, 0.15) is 18.6 Å². The zero-order chi connectivity index (χ0) is 16.9. The van der Waals surface area contributed by atoms with Crippen LogP contribution in [0, 0.1) is 0 Å². The maximum Gasteiger partial charge on any atom is 0.260 e. The molecule has 7 nitrogen and oxygen atoms in total. The Balaban J connectivity index is 1.64.